The lowest BCUT2D eigenvalue weighted by molar-refractivity contribution is 0.0694. The van der Waals surface area contributed by atoms with Crippen molar-refractivity contribution < 1.29 is 28.6 Å². The van der Waals surface area contributed by atoms with Crippen LogP contribution in [0.15, 0.2) is 41.0 Å². The number of para-hydroxylation sites is 2. The Hall–Kier alpha value is -2.96. The number of methoxy groups -OCH3 is 1. The van der Waals surface area contributed by atoms with E-state index in [1.165, 1.54) is 11.0 Å². The van der Waals surface area contributed by atoms with E-state index in [9.17, 15) is 9.59 Å². The first kappa shape index (κ1) is 16.4. The first-order valence-electron chi connectivity index (χ1n) is 6.86. The molecular formula is C16H17NO6. The molecule has 0 unspecified atom stereocenters. The highest BCUT2D eigenvalue weighted by atomic mass is 16.5. The third-order valence-electron chi connectivity index (χ3n) is 3.16. The number of likely N-dealkylation sites (N-methyl/N-ethyl adjacent to an activating group) is 1. The highest BCUT2D eigenvalue weighted by molar-refractivity contribution is 5.95. The Morgan fingerprint density at radius 3 is 2.57 bits per heavy atom. The Kier molecular flexibility index (Phi) is 5.24. The van der Waals surface area contributed by atoms with Crippen LogP contribution >= 0.6 is 0 Å². The van der Waals surface area contributed by atoms with E-state index in [1.807, 2.05) is 12.1 Å². The molecule has 1 heterocycles. The number of carbonyl (C=O) groups is 2. The van der Waals surface area contributed by atoms with Crippen LogP contribution in [0.3, 0.4) is 0 Å². The monoisotopic (exact) mass is 319 g/mol. The first-order valence-corrected chi connectivity index (χ1v) is 6.86. The molecule has 1 aromatic carbocycles. The van der Waals surface area contributed by atoms with Gasteiger partial charge in [-0.3, -0.25) is 4.79 Å². The van der Waals surface area contributed by atoms with Crippen molar-refractivity contribution in [1.82, 2.24) is 4.90 Å². The number of amides is 1. The Morgan fingerprint density at radius 1 is 1.26 bits per heavy atom. The van der Waals surface area contributed by atoms with Gasteiger partial charge in [-0.25, -0.2) is 4.79 Å². The smallest absolute Gasteiger partial charge is 0.338 e. The van der Waals surface area contributed by atoms with Gasteiger partial charge in [0, 0.05) is 13.1 Å². The van der Waals surface area contributed by atoms with E-state index >= 15 is 0 Å². The van der Waals surface area contributed by atoms with Gasteiger partial charge in [-0.2, -0.15) is 0 Å². The summed E-state index contributed by atoms with van der Waals surface area (Å²) in [4.78, 5) is 24.3. The molecule has 0 aliphatic heterocycles. The lowest BCUT2D eigenvalue weighted by Crippen LogP contribution is -2.30. The maximum atomic E-state index is 12.1. The number of aromatic carboxylic acids is 1. The summed E-state index contributed by atoms with van der Waals surface area (Å²) in [6, 6.07) is 8.40. The molecule has 7 heteroatoms. The largest absolute Gasteiger partial charge is 0.493 e. The Morgan fingerprint density at radius 2 is 1.96 bits per heavy atom. The van der Waals surface area contributed by atoms with Gasteiger partial charge in [0.2, 0.25) is 0 Å². The molecule has 0 aliphatic rings. The molecule has 0 saturated carbocycles. The zero-order chi connectivity index (χ0) is 16.8. The minimum atomic E-state index is -1.14. The third kappa shape index (κ3) is 4.03. The van der Waals surface area contributed by atoms with Gasteiger partial charge >= 0.3 is 5.97 Å². The Balaban J connectivity index is 1.90. The number of carboxylic acids is 1. The molecule has 7 nitrogen and oxygen atoms in total. The van der Waals surface area contributed by atoms with Crippen LogP contribution < -0.4 is 9.47 Å². The Labute approximate surface area is 133 Å². The summed E-state index contributed by atoms with van der Waals surface area (Å²) in [7, 11) is 3.13. The van der Waals surface area contributed by atoms with Crippen LogP contribution in [-0.2, 0) is 0 Å². The molecule has 0 fully saturated rings. The maximum Gasteiger partial charge on any atom is 0.338 e. The zero-order valence-electron chi connectivity index (χ0n) is 12.8. The number of nitrogens with zero attached hydrogens (tertiary/aromatic N) is 1. The van der Waals surface area contributed by atoms with Crippen molar-refractivity contribution in [2.45, 2.75) is 0 Å². The van der Waals surface area contributed by atoms with E-state index in [1.54, 1.807) is 26.3 Å². The lowest BCUT2D eigenvalue weighted by atomic mass is 10.3. The van der Waals surface area contributed by atoms with Crippen molar-refractivity contribution in [3.05, 3.63) is 47.9 Å². The molecule has 0 bridgehead atoms. The summed E-state index contributed by atoms with van der Waals surface area (Å²) in [5, 5.41) is 8.82. The molecule has 1 aromatic heterocycles. The van der Waals surface area contributed by atoms with Gasteiger partial charge in [0.1, 0.15) is 12.9 Å². The van der Waals surface area contributed by atoms with E-state index in [0.717, 1.165) is 6.26 Å². The van der Waals surface area contributed by atoms with Crippen molar-refractivity contribution in [3.8, 4) is 11.5 Å². The van der Waals surface area contributed by atoms with Crippen LogP contribution in [0.2, 0.25) is 0 Å². The lowest BCUT2D eigenvalue weighted by Gasteiger charge is -2.17. The molecule has 1 N–H and O–H groups in total. The van der Waals surface area contributed by atoms with E-state index in [0.29, 0.717) is 18.0 Å². The van der Waals surface area contributed by atoms with Crippen LogP contribution in [0.25, 0.3) is 0 Å². The summed E-state index contributed by atoms with van der Waals surface area (Å²) in [5.74, 6) is -0.390. The number of furan rings is 1. The molecular weight excluding hydrogens is 302 g/mol. The molecule has 0 saturated heterocycles. The van der Waals surface area contributed by atoms with Crippen LogP contribution in [-0.4, -0.2) is 49.2 Å². The fraction of sp³-hybridized carbons (Fsp3) is 0.250. The summed E-state index contributed by atoms with van der Waals surface area (Å²) in [6.07, 6.45) is 1.04. The van der Waals surface area contributed by atoms with Crippen molar-refractivity contribution in [3.63, 3.8) is 0 Å². The number of rotatable bonds is 7. The van der Waals surface area contributed by atoms with Gasteiger partial charge in [-0.1, -0.05) is 12.1 Å². The predicted molar refractivity (Wildman–Crippen MR) is 81.1 cm³/mol. The van der Waals surface area contributed by atoms with E-state index in [4.69, 9.17) is 19.0 Å². The quantitative estimate of drug-likeness (QED) is 0.841. The standard InChI is InChI=1S/C16H17NO6/c1-17(15(18)14-9-11(10-23-14)16(19)20)7-8-22-13-6-4-3-5-12(13)21-2/h3-6,9-10H,7-8H2,1-2H3,(H,19,20). The minimum absolute atomic E-state index is 0.0257. The minimum Gasteiger partial charge on any atom is -0.493 e. The van der Waals surface area contributed by atoms with Crippen LogP contribution in [0.1, 0.15) is 20.9 Å². The third-order valence-corrected chi connectivity index (χ3v) is 3.16. The topological polar surface area (TPSA) is 89.2 Å². The number of carboxylic acid groups (broad SMARTS) is 1. The fourth-order valence-corrected chi connectivity index (χ4v) is 1.88. The molecule has 0 atom stereocenters. The summed E-state index contributed by atoms with van der Waals surface area (Å²) < 4.78 is 15.7. The van der Waals surface area contributed by atoms with Crippen molar-refractivity contribution in [1.29, 1.82) is 0 Å². The van der Waals surface area contributed by atoms with Crippen LogP contribution in [0.4, 0.5) is 0 Å². The van der Waals surface area contributed by atoms with Gasteiger partial charge in [0.25, 0.3) is 5.91 Å². The number of hydrogen-bond acceptors (Lipinski definition) is 5. The second kappa shape index (κ2) is 7.35. The zero-order valence-corrected chi connectivity index (χ0v) is 12.8. The highest BCUT2D eigenvalue weighted by Crippen LogP contribution is 2.25. The molecule has 1 amide bonds. The average molecular weight is 319 g/mol. The summed E-state index contributed by atoms with van der Waals surface area (Å²) in [5.41, 5.74) is -0.0629. The number of carbonyl (C=O) groups excluding carboxylic acids is 1. The number of hydrogen-bond donors (Lipinski definition) is 1. The van der Waals surface area contributed by atoms with Gasteiger partial charge in [-0.15, -0.1) is 0 Å². The van der Waals surface area contributed by atoms with Gasteiger partial charge in [0.15, 0.2) is 17.3 Å². The molecule has 0 aliphatic carbocycles. The van der Waals surface area contributed by atoms with Crippen LogP contribution in [0, 0.1) is 0 Å². The molecule has 0 spiro atoms. The average Bonchev–Trinajstić information content (AvgIpc) is 3.04. The Bertz CT molecular complexity index is 693. The van der Waals surface area contributed by atoms with Gasteiger partial charge in [0.05, 0.1) is 19.2 Å². The van der Waals surface area contributed by atoms with Gasteiger partial charge < -0.3 is 23.9 Å². The van der Waals surface area contributed by atoms with E-state index in [-0.39, 0.29) is 17.9 Å². The fourth-order valence-electron chi connectivity index (χ4n) is 1.88. The van der Waals surface area contributed by atoms with Crippen molar-refractivity contribution in [2.24, 2.45) is 0 Å². The normalized spacial score (nSPS) is 10.2. The summed E-state index contributed by atoms with van der Waals surface area (Å²) in [6.45, 7) is 0.565. The van der Waals surface area contributed by atoms with E-state index in [2.05, 4.69) is 0 Å². The molecule has 23 heavy (non-hydrogen) atoms. The van der Waals surface area contributed by atoms with Gasteiger partial charge in [-0.05, 0) is 12.1 Å². The van der Waals surface area contributed by atoms with Crippen LogP contribution in [0.5, 0.6) is 11.5 Å². The van der Waals surface area contributed by atoms with Crippen molar-refractivity contribution in [2.75, 3.05) is 27.3 Å². The molecule has 122 valence electrons. The van der Waals surface area contributed by atoms with Crippen molar-refractivity contribution >= 4 is 11.9 Å². The maximum absolute atomic E-state index is 12.1. The molecule has 0 radical (unpaired) electrons. The number of ether oxygens (including phenoxy) is 2. The highest BCUT2D eigenvalue weighted by Gasteiger charge is 2.18. The SMILES string of the molecule is COc1ccccc1OCCN(C)C(=O)c1cc(C(=O)O)co1. The predicted octanol–water partition coefficient (Wildman–Crippen LogP) is 2.14. The second-order valence-corrected chi connectivity index (χ2v) is 4.73. The first-order chi connectivity index (χ1) is 11.0. The number of benzene rings is 1. The molecule has 2 rings (SSSR count). The second-order valence-electron chi connectivity index (χ2n) is 4.73. The molecule has 2 aromatic rings. The summed E-state index contributed by atoms with van der Waals surface area (Å²) >= 11 is 0. The van der Waals surface area contributed by atoms with E-state index < -0.39 is 11.9 Å².